The number of hydrogen-bond acceptors (Lipinski definition) is 1. The Labute approximate surface area is 99.2 Å². The molecule has 88 valence electrons. The topological polar surface area (TPSA) is 3.24 Å². The zero-order valence-corrected chi connectivity index (χ0v) is 10.6. The highest BCUT2D eigenvalue weighted by atomic mass is 35.5. The Bertz CT molecular complexity index is 175. The van der Waals surface area contributed by atoms with Gasteiger partial charge in [0.25, 0.3) is 0 Å². The van der Waals surface area contributed by atoms with Gasteiger partial charge >= 0.3 is 0 Å². The molecule has 2 rings (SSSR count). The third-order valence-electron chi connectivity index (χ3n) is 4.48. The van der Waals surface area contributed by atoms with Gasteiger partial charge in [-0.05, 0) is 44.2 Å². The Balaban J connectivity index is 1.84. The molecule has 0 N–H and O–H groups in total. The van der Waals surface area contributed by atoms with Crippen LogP contribution in [0.5, 0.6) is 0 Å². The maximum Gasteiger partial charge on any atom is 0.0351 e. The summed E-state index contributed by atoms with van der Waals surface area (Å²) in [6.45, 7) is 3.69. The maximum absolute atomic E-state index is 5.80. The van der Waals surface area contributed by atoms with E-state index < -0.39 is 0 Å². The average Bonchev–Trinajstić information content (AvgIpc) is 2.49. The molecule has 1 nitrogen and oxygen atoms in total. The molecule has 2 fully saturated rings. The molecule has 0 aromatic carbocycles. The van der Waals surface area contributed by atoms with Gasteiger partial charge in [0.1, 0.15) is 0 Å². The minimum atomic E-state index is 0.735. The quantitative estimate of drug-likeness (QED) is 0.654. The molecule has 0 aromatic rings. The molecule has 1 spiro atoms. The van der Waals surface area contributed by atoms with Crippen LogP contribution in [-0.2, 0) is 0 Å². The summed E-state index contributed by atoms with van der Waals surface area (Å²) in [7, 11) is 0. The minimum Gasteiger partial charge on any atom is -0.302 e. The van der Waals surface area contributed by atoms with Crippen molar-refractivity contribution in [1.29, 1.82) is 0 Å². The number of piperidine rings is 1. The second-order valence-corrected chi connectivity index (χ2v) is 5.82. The van der Waals surface area contributed by atoms with Crippen molar-refractivity contribution in [2.75, 3.05) is 25.5 Å². The molecule has 0 aromatic heterocycles. The molecule has 1 aliphatic heterocycles. The molecule has 0 radical (unpaired) electrons. The molecule has 1 saturated carbocycles. The van der Waals surface area contributed by atoms with Crippen LogP contribution in [0, 0.1) is 5.41 Å². The number of halogens is 1. The Morgan fingerprint density at radius 2 is 1.47 bits per heavy atom. The molecular weight excluding hydrogens is 206 g/mol. The number of rotatable bonds is 2. The van der Waals surface area contributed by atoms with Crippen molar-refractivity contribution in [3.8, 4) is 0 Å². The highest BCUT2D eigenvalue weighted by Gasteiger charge is 2.34. The van der Waals surface area contributed by atoms with Crippen LogP contribution in [0.3, 0.4) is 0 Å². The summed E-state index contributed by atoms with van der Waals surface area (Å²) in [5.41, 5.74) is 0.735. The molecule has 0 atom stereocenters. The first-order valence-corrected chi connectivity index (χ1v) is 7.16. The van der Waals surface area contributed by atoms with Crippen LogP contribution in [0.15, 0.2) is 0 Å². The van der Waals surface area contributed by atoms with E-state index in [-0.39, 0.29) is 0 Å². The van der Waals surface area contributed by atoms with E-state index in [4.69, 9.17) is 11.6 Å². The number of likely N-dealkylation sites (tertiary alicyclic amines) is 1. The lowest BCUT2D eigenvalue weighted by Crippen LogP contribution is -2.40. The van der Waals surface area contributed by atoms with Crippen molar-refractivity contribution in [1.82, 2.24) is 4.90 Å². The summed E-state index contributed by atoms with van der Waals surface area (Å²) >= 11 is 5.80. The van der Waals surface area contributed by atoms with Crippen LogP contribution in [0.1, 0.15) is 51.4 Å². The van der Waals surface area contributed by atoms with E-state index in [0.29, 0.717) is 0 Å². The highest BCUT2D eigenvalue weighted by molar-refractivity contribution is 6.18. The van der Waals surface area contributed by atoms with E-state index in [2.05, 4.69) is 4.90 Å². The van der Waals surface area contributed by atoms with E-state index in [0.717, 1.165) is 17.8 Å². The summed E-state index contributed by atoms with van der Waals surface area (Å²) in [4.78, 5) is 2.54. The van der Waals surface area contributed by atoms with Crippen molar-refractivity contribution < 1.29 is 0 Å². The summed E-state index contributed by atoms with van der Waals surface area (Å²) in [5, 5.41) is 0. The monoisotopic (exact) mass is 229 g/mol. The predicted molar refractivity (Wildman–Crippen MR) is 66.5 cm³/mol. The normalized spacial score (nSPS) is 27.8. The predicted octanol–water partition coefficient (Wildman–Crippen LogP) is 3.66. The fraction of sp³-hybridized carbons (Fsp3) is 1.00. The molecule has 0 bridgehead atoms. The molecule has 0 amide bonds. The van der Waals surface area contributed by atoms with Gasteiger partial charge in [-0.25, -0.2) is 0 Å². The van der Waals surface area contributed by atoms with E-state index in [1.165, 1.54) is 64.5 Å². The highest BCUT2D eigenvalue weighted by Crippen LogP contribution is 2.43. The summed E-state index contributed by atoms with van der Waals surface area (Å²) in [5.74, 6) is 0.799. The van der Waals surface area contributed by atoms with Gasteiger partial charge in [0.2, 0.25) is 0 Å². The van der Waals surface area contributed by atoms with Gasteiger partial charge in [-0.1, -0.05) is 25.7 Å². The lowest BCUT2D eigenvalue weighted by atomic mass is 9.73. The van der Waals surface area contributed by atoms with Gasteiger partial charge in [-0.2, -0.15) is 0 Å². The zero-order valence-electron chi connectivity index (χ0n) is 9.81. The average molecular weight is 230 g/mol. The summed E-state index contributed by atoms with van der Waals surface area (Å²) in [6, 6.07) is 0. The first-order valence-electron chi connectivity index (χ1n) is 6.63. The van der Waals surface area contributed by atoms with Gasteiger partial charge in [0.15, 0.2) is 0 Å². The lowest BCUT2D eigenvalue weighted by molar-refractivity contribution is 0.0927. The van der Waals surface area contributed by atoms with Crippen LogP contribution < -0.4 is 0 Å². The van der Waals surface area contributed by atoms with Gasteiger partial charge in [-0.15, -0.1) is 11.6 Å². The van der Waals surface area contributed by atoms with Crippen molar-refractivity contribution in [3.05, 3.63) is 0 Å². The molecule has 2 aliphatic rings. The fourth-order valence-electron chi connectivity index (χ4n) is 3.35. The fourth-order valence-corrected chi connectivity index (χ4v) is 3.59. The van der Waals surface area contributed by atoms with Crippen LogP contribution >= 0.6 is 11.6 Å². The second kappa shape index (κ2) is 5.54. The molecule has 2 heteroatoms. The Morgan fingerprint density at radius 3 is 2.00 bits per heavy atom. The SMILES string of the molecule is ClCCN1CCC2(CCCCCC2)CC1. The van der Waals surface area contributed by atoms with Crippen molar-refractivity contribution in [2.45, 2.75) is 51.4 Å². The van der Waals surface area contributed by atoms with Crippen molar-refractivity contribution >= 4 is 11.6 Å². The Morgan fingerprint density at radius 1 is 0.867 bits per heavy atom. The first-order chi connectivity index (χ1) is 7.35. The number of alkyl halides is 1. The second-order valence-electron chi connectivity index (χ2n) is 5.44. The Hall–Kier alpha value is 0.250. The third kappa shape index (κ3) is 3.10. The smallest absolute Gasteiger partial charge is 0.0351 e. The molecule has 1 heterocycles. The van der Waals surface area contributed by atoms with E-state index >= 15 is 0 Å². The van der Waals surface area contributed by atoms with Crippen LogP contribution in [0.2, 0.25) is 0 Å². The zero-order chi connectivity index (χ0) is 10.6. The van der Waals surface area contributed by atoms with Gasteiger partial charge in [0.05, 0.1) is 0 Å². The standard InChI is InChI=1S/C13H24ClN/c14-9-12-15-10-7-13(8-11-15)5-3-1-2-4-6-13/h1-12H2. The molecule has 1 aliphatic carbocycles. The number of hydrogen-bond donors (Lipinski definition) is 0. The van der Waals surface area contributed by atoms with Crippen molar-refractivity contribution in [3.63, 3.8) is 0 Å². The largest absolute Gasteiger partial charge is 0.302 e. The van der Waals surface area contributed by atoms with Crippen LogP contribution in [-0.4, -0.2) is 30.4 Å². The molecule has 15 heavy (non-hydrogen) atoms. The van der Waals surface area contributed by atoms with Gasteiger partial charge in [-0.3, -0.25) is 0 Å². The molecule has 0 unspecified atom stereocenters. The van der Waals surface area contributed by atoms with Gasteiger partial charge < -0.3 is 4.90 Å². The first kappa shape index (κ1) is 11.7. The Kier molecular flexibility index (Phi) is 4.33. The van der Waals surface area contributed by atoms with E-state index in [9.17, 15) is 0 Å². The third-order valence-corrected chi connectivity index (χ3v) is 4.65. The summed E-state index contributed by atoms with van der Waals surface area (Å²) < 4.78 is 0. The summed E-state index contributed by atoms with van der Waals surface area (Å²) in [6.07, 6.45) is 11.8. The lowest BCUT2D eigenvalue weighted by Gasteiger charge is -2.41. The maximum atomic E-state index is 5.80. The van der Waals surface area contributed by atoms with Crippen LogP contribution in [0.25, 0.3) is 0 Å². The van der Waals surface area contributed by atoms with Gasteiger partial charge in [0, 0.05) is 12.4 Å². The molecular formula is C13H24ClN. The van der Waals surface area contributed by atoms with Crippen molar-refractivity contribution in [2.24, 2.45) is 5.41 Å². The van der Waals surface area contributed by atoms with E-state index in [1.807, 2.05) is 0 Å². The molecule has 1 saturated heterocycles. The van der Waals surface area contributed by atoms with E-state index in [1.54, 1.807) is 0 Å². The van der Waals surface area contributed by atoms with Crippen LogP contribution in [0.4, 0.5) is 0 Å². The minimum absolute atomic E-state index is 0.735. The number of nitrogens with zero attached hydrogens (tertiary/aromatic N) is 1.